The summed E-state index contributed by atoms with van der Waals surface area (Å²) in [7, 11) is 0. The molecule has 16 heavy (non-hydrogen) atoms. The number of nitrogens with one attached hydrogen (secondary N) is 1. The number of unbranched alkanes of at least 4 members (excludes halogenated alkanes) is 2. The minimum Gasteiger partial charge on any atom is -0.381 e. The molecule has 3 heteroatoms. The van der Waals surface area contributed by atoms with Gasteiger partial charge in [-0.25, -0.2) is 0 Å². The van der Waals surface area contributed by atoms with Gasteiger partial charge in [-0.2, -0.15) is 0 Å². The zero-order valence-corrected chi connectivity index (χ0v) is 10.6. The first-order valence-electron chi connectivity index (χ1n) is 6.62. The highest BCUT2D eigenvalue weighted by atomic mass is 16.5. The van der Waals surface area contributed by atoms with Gasteiger partial charge in [-0.15, -0.1) is 0 Å². The first-order chi connectivity index (χ1) is 7.74. The van der Waals surface area contributed by atoms with Crippen LogP contribution in [0.25, 0.3) is 0 Å². The van der Waals surface area contributed by atoms with E-state index in [2.05, 4.69) is 19.2 Å². The molecule has 1 N–H and O–H groups in total. The molecule has 94 valence electrons. The molecule has 1 atom stereocenters. The smallest absolute Gasteiger partial charge is 0.223 e. The molecule has 0 saturated carbocycles. The van der Waals surface area contributed by atoms with Crippen molar-refractivity contribution >= 4 is 5.91 Å². The molecule has 0 aromatic carbocycles. The van der Waals surface area contributed by atoms with Gasteiger partial charge in [-0.1, -0.05) is 26.2 Å². The van der Waals surface area contributed by atoms with Crippen molar-refractivity contribution in [1.29, 1.82) is 0 Å². The minimum absolute atomic E-state index is 0.183. The molecule has 0 spiro atoms. The highest BCUT2D eigenvalue weighted by molar-refractivity contribution is 5.78. The van der Waals surface area contributed by atoms with Crippen LogP contribution in [-0.2, 0) is 9.53 Å². The molecule has 0 aromatic rings. The Bertz CT molecular complexity index is 200. The second-order valence-electron chi connectivity index (χ2n) is 4.79. The highest BCUT2D eigenvalue weighted by Crippen LogP contribution is 2.15. The average molecular weight is 227 g/mol. The van der Waals surface area contributed by atoms with Crippen LogP contribution in [0.1, 0.15) is 52.4 Å². The second kappa shape index (κ2) is 7.66. The molecule has 0 aliphatic carbocycles. The average Bonchev–Trinajstić information content (AvgIpc) is 2.30. The summed E-state index contributed by atoms with van der Waals surface area (Å²) in [6.07, 6.45) is 6.58. The molecule has 1 saturated heterocycles. The molecular formula is C13H25NO2. The number of carbonyl (C=O) groups excluding carboxylic acids is 1. The number of carbonyl (C=O) groups is 1. The Hall–Kier alpha value is -0.570. The van der Waals surface area contributed by atoms with Gasteiger partial charge in [0.15, 0.2) is 0 Å². The standard InChI is InChI=1S/C13H25NO2/c1-3-4-5-6-11(2)14-13(15)12-7-9-16-10-8-12/h11-12H,3-10H2,1-2H3,(H,14,15). The third-order valence-corrected chi connectivity index (χ3v) is 3.22. The topological polar surface area (TPSA) is 38.3 Å². The normalized spacial score (nSPS) is 19.4. The Morgan fingerprint density at radius 2 is 2.06 bits per heavy atom. The van der Waals surface area contributed by atoms with Crippen LogP contribution in [0.2, 0.25) is 0 Å². The Morgan fingerprint density at radius 3 is 2.69 bits per heavy atom. The van der Waals surface area contributed by atoms with Crippen molar-refractivity contribution in [3.63, 3.8) is 0 Å². The fourth-order valence-electron chi connectivity index (χ4n) is 2.09. The Balaban J connectivity index is 2.16. The van der Waals surface area contributed by atoms with Gasteiger partial charge in [0.05, 0.1) is 0 Å². The van der Waals surface area contributed by atoms with E-state index in [1.165, 1.54) is 19.3 Å². The number of amides is 1. The van der Waals surface area contributed by atoms with Crippen LogP contribution in [0.5, 0.6) is 0 Å². The van der Waals surface area contributed by atoms with E-state index in [1.807, 2.05) is 0 Å². The maximum atomic E-state index is 11.9. The van der Waals surface area contributed by atoms with E-state index in [1.54, 1.807) is 0 Å². The fraction of sp³-hybridized carbons (Fsp3) is 0.923. The molecule has 1 aliphatic rings. The Morgan fingerprint density at radius 1 is 1.38 bits per heavy atom. The van der Waals surface area contributed by atoms with Crippen molar-refractivity contribution in [1.82, 2.24) is 5.32 Å². The number of rotatable bonds is 6. The van der Waals surface area contributed by atoms with Gasteiger partial charge in [0.2, 0.25) is 5.91 Å². The summed E-state index contributed by atoms with van der Waals surface area (Å²) < 4.78 is 5.25. The van der Waals surface area contributed by atoms with Crippen LogP contribution in [0, 0.1) is 5.92 Å². The predicted molar refractivity (Wildman–Crippen MR) is 65.3 cm³/mol. The Labute approximate surface area is 98.9 Å². The molecule has 1 heterocycles. The third kappa shape index (κ3) is 4.97. The number of ether oxygens (including phenoxy) is 1. The van der Waals surface area contributed by atoms with E-state index in [0.29, 0.717) is 6.04 Å². The van der Waals surface area contributed by atoms with E-state index >= 15 is 0 Å². The third-order valence-electron chi connectivity index (χ3n) is 3.22. The molecule has 1 amide bonds. The summed E-state index contributed by atoms with van der Waals surface area (Å²) in [5, 5.41) is 3.11. The van der Waals surface area contributed by atoms with Crippen LogP contribution in [0.4, 0.5) is 0 Å². The quantitative estimate of drug-likeness (QED) is 0.708. The highest BCUT2D eigenvalue weighted by Gasteiger charge is 2.22. The summed E-state index contributed by atoms with van der Waals surface area (Å²) in [5.41, 5.74) is 0. The van der Waals surface area contributed by atoms with Crippen molar-refractivity contribution in [3.05, 3.63) is 0 Å². The second-order valence-corrected chi connectivity index (χ2v) is 4.79. The fourth-order valence-corrected chi connectivity index (χ4v) is 2.09. The lowest BCUT2D eigenvalue weighted by Gasteiger charge is -2.23. The molecular weight excluding hydrogens is 202 g/mol. The summed E-state index contributed by atoms with van der Waals surface area (Å²) in [6, 6.07) is 0.321. The lowest BCUT2D eigenvalue weighted by atomic mass is 9.98. The SMILES string of the molecule is CCCCCC(C)NC(=O)C1CCOCC1. The van der Waals surface area contributed by atoms with Gasteiger partial charge < -0.3 is 10.1 Å². The summed E-state index contributed by atoms with van der Waals surface area (Å²) in [5.74, 6) is 0.412. The lowest BCUT2D eigenvalue weighted by molar-refractivity contribution is -0.128. The molecule has 0 bridgehead atoms. The van der Waals surface area contributed by atoms with Crippen molar-refractivity contribution in [2.75, 3.05) is 13.2 Å². The summed E-state index contributed by atoms with van der Waals surface area (Å²) in [4.78, 5) is 11.9. The molecule has 1 rings (SSSR count). The van der Waals surface area contributed by atoms with Gasteiger partial charge in [0.1, 0.15) is 0 Å². The van der Waals surface area contributed by atoms with E-state index < -0.39 is 0 Å². The van der Waals surface area contributed by atoms with E-state index in [0.717, 1.165) is 32.5 Å². The maximum absolute atomic E-state index is 11.9. The zero-order chi connectivity index (χ0) is 11.8. The van der Waals surface area contributed by atoms with E-state index in [9.17, 15) is 4.79 Å². The van der Waals surface area contributed by atoms with E-state index in [-0.39, 0.29) is 11.8 Å². The van der Waals surface area contributed by atoms with Crippen molar-refractivity contribution in [3.8, 4) is 0 Å². The Kier molecular flexibility index (Phi) is 6.46. The minimum atomic E-state index is 0.183. The number of hydrogen-bond acceptors (Lipinski definition) is 2. The monoisotopic (exact) mass is 227 g/mol. The maximum Gasteiger partial charge on any atom is 0.223 e. The molecule has 1 aliphatic heterocycles. The van der Waals surface area contributed by atoms with Gasteiger partial charge in [-0.05, 0) is 26.2 Å². The van der Waals surface area contributed by atoms with Gasteiger partial charge in [0, 0.05) is 25.2 Å². The van der Waals surface area contributed by atoms with Gasteiger partial charge >= 0.3 is 0 Å². The van der Waals surface area contributed by atoms with Crippen molar-refractivity contribution in [2.24, 2.45) is 5.92 Å². The first kappa shape index (κ1) is 13.5. The van der Waals surface area contributed by atoms with Crippen molar-refractivity contribution < 1.29 is 9.53 Å². The predicted octanol–water partition coefficient (Wildman–Crippen LogP) is 2.50. The summed E-state index contributed by atoms with van der Waals surface area (Å²) in [6.45, 7) is 5.78. The molecule has 0 radical (unpaired) electrons. The molecule has 3 nitrogen and oxygen atoms in total. The first-order valence-corrected chi connectivity index (χ1v) is 6.62. The lowest BCUT2D eigenvalue weighted by Crippen LogP contribution is -2.39. The molecule has 1 fully saturated rings. The van der Waals surface area contributed by atoms with Crippen LogP contribution < -0.4 is 5.32 Å². The molecule has 0 aromatic heterocycles. The number of hydrogen-bond donors (Lipinski definition) is 1. The van der Waals surface area contributed by atoms with Crippen LogP contribution in [0.15, 0.2) is 0 Å². The van der Waals surface area contributed by atoms with Gasteiger partial charge in [0.25, 0.3) is 0 Å². The van der Waals surface area contributed by atoms with E-state index in [4.69, 9.17) is 4.74 Å². The zero-order valence-electron chi connectivity index (χ0n) is 10.6. The van der Waals surface area contributed by atoms with Crippen LogP contribution in [-0.4, -0.2) is 25.2 Å². The van der Waals surface area contributed by atoms with Crippen molar-refractivity contribution in [2.45, 2.75) is 58.4 Å². The van der Waals surface area contributed by atoms with Gasteiger partial charge in [-0.3, -0.25) is 4.79 Å². The largest absolute Gasteiger partial charge is 0.381 e. The van der Waals surface area contributed by atoms with Crippen LogP contribution in [0.3, 0.4) is 0 Å². The summed E-state index contributed by atoms with van der Waals surface area (Å²) >= 11 is 0. The van der Waals surface area contributed by atoms with Crippen LogP contribution >= 0.6 is 0 Å². The molecule has 1 unspecified atom stereocenters.